The Morgan fingerprint density at radius 3 is 2.09 bits per heavy atom. The van der Waals surface area contributed by atoms with Crippen molar-refractivity contribution in [3.05, 3.63) is 59.0 Å². The number of benzene rings is 2. The number of carboxylic acid groups (broad SMARTS) is 1. The maximum absolute atomic E-state index is 10.9. The summed E-state index contributed by atoms with van der Waals surface area (Å²) in [5.74, 6) is -0.917. The second-order valence-corrected chi connectivity index (χ2v) is 5.78. The fourth-order valence-electron chi connectivity index (χ4n) is 2.22. The Labute approximate surface area is 133 Å². The molecule has 0 heterocycles. The molecule has 0 spiro atoms. The highest BCUT2D eigenvalue weighted by atomic mass is 32.2. The Bertz CT molecular complexity index is 638. The van der Waals surface area contributed by atoms with Gasteiger partial charge in [-0.3, -0.25) is 4.79 Å². The number of hydrogen-bond donors (Lipinski definition) is 1. The maximum atomic E-state index is 10.9. The molecular formula is C17H17NO3S. The largest absolute Gasteiger partial charge is 0.481 e. The van der Waals surface area contributed by atoms with Crippen molar-refractivity contribution < 1.29 is 9.90 Å². The van der Waals surface area contributed by atoms with E-state index in [0.717, 1.165) is 16.7 Å². The first-order valence-electron chi connectivity index (χ1n) is 6.92. The van der Waals surface area contributed by atoms with Gasteiger partial charge < -0.3 is 5.11 Å². The van der Waals surface area contributed by atoms with Crippen molar-refractivity contribution >= 4 is 17.7 Å². The molecule has 22 heavy (non-hydrogen) atoms. The molecular weight excluding hydrogens is 298 g/mol. The van der Waals surface area contributed by atoms with Crippen LogP contribution in [0.2, 0.25) is 0 Å². The number of nitroso groups, excluding NO2 is 1. The van der Waals surface area contributed by atoms with Gasteiger partial charge in [0, 0.05) is 11.3 Å². The first-order valence-corrected chi connectivity index (χ1v) is 8.15. The lowest BCUT2D eigenvalue weighted by atomic mass is 9.99. The normalized spacial score (nSPS) is 11.9. The average molecular weight is 315 g/mol. The highest BCUT2D eigenvalue weighted by molar-refractivity contribution is 7.98. The van der Waals surface area contributed by atoms with Gasteiger partial charge in [-0.15, -0.1) is 11.8 Å². The quantitative estimate of drug-likeness (QED) is 0.591. The standard InChI is InChI=1S/C17H17NO3S/c1-22-15-8-6-13(7-9-15)12-2-4-14(5-3-12)16(18-21)10-11-17(19)20/h2-9,16H,10-11H2,1H3,(H,19,20). The summed E-state index contributed by atoms with van der Waals surface area (Å²) in [6.45, 7) is 0. The van der Waals surface area contributed by atoms with Crippen LogP contribution < -0.4 is 0 Å². The molecule has 0 aliphatic carbocycles. The third-order valence-corrected chi connectivity index (χ3v) is 4.22. The molecule has 0 bridgehead atoms. The number of hydrogen-bond acceptors (Lipinski definition) is 4. The number of aliphatic carboxylic acids is 1. The third kappa shape index (κ3) is 4.18. The van der Waals surface area contributed by atoms with E-state index in [2.05, 4.69) is 29.4 Å². The summed E-state index contributed by atoms with van der Waals surface area (Å²) in [7, 11) is 0. The fourth-order valence-corrected chi connectivity index (χ4v) is 2.63. The molecule has 1 atom stereocenters. The van der Waals surface area contributed by atoms with Gasteiger partial charge in [0.2, 0.25) is 0 Å². The predicted octanol–water partition coefficient (Wildman–Crippen LogP) is 4.75. The molecule has 0 aromatic heterocycles. The van der Waals surface area contributed by atoms with E-state index in [1.165, 1.54) is 4.90 Å². The molecule has 114 valence electrons. The lowest BCUT2D eigenvalue weighted by molar-refractivity contribution is -0.137. The fraction of sp³-hybridized carbons (Fsp3) is 0.235. The Kier molecular flexibility index (Phi) is 5.72. The van der Waals surface area contributed by atoms with E-state index in [1.807, 2.05) is 30.5 Å². The highest BCUT2D eigenvalue weighted by Gasteiger charge is 2.13. The summed E-state index contributed by atoms with van der Waals surface area (Å²) in [6, 6.07) is 15.2. The van der Waals surface area contributed by atoms with Gasteiger partial charge >= 0.3 is 5.97 Å². The molecule has 0 amide bonds. The topological polar surface area (TPSA) is 66.7 Å². The molecule has 4 nitrogen and oxygen atoms in total. The molecule has 0 saturated heterocycles. The van der Waals surface area contributed by atoms with Crippen molar-refractivity contribution in [1.29, 1.82) is 0 Å². The lowest BCUT2D eigenvalue weighted by Gasteiger charge is -2.09. The van der Waals surface area contributed by atoms with Crippen molar-refractivity contribution in [2.24, 2.45) is 5.18 Å². The molecule has 0 aliphatic heterocycles. The number of rotatable bonds is 7. The van der Waals surface area contributed by atoms with Gasteiger partial charge in [-0.2, -0.15) is 4.91 Å². The Morgan fingerprint density at radius 2 is 1.64 bits per heavy atom. The molecule has 0 aliphatic rings. The van der Waals surface area contributed by atoms with Crippen LogP contribution in [0.25, 0.3) is 11.1 Å². The van der Waals surface area contributed by atoms with Gasteiger partial charge in [0.05, 0.1) is 0 Å². The van der Waals surface area contributed by atoms with Gasteiger partial charge in [0.25, 0.3) is 0 Å². The van der Waals surface area contributed by atoms with Crippen LogP contribution in [0.3, 0.4) is 0 Å². The number of nitrogens with zero attached hydrogens (tertiary/aromatic N) is 1. The highest BCUT2D eigenvalue weighted by Crippen LogP contribution is 2.27. The van der Waals surface area contributed by atoms with Crippen molar-refractivity contribution in [3.8, 4) is 11.1 Å². The van der Waals surface area contributed by atoms with Gasteiger partial charge in [-0.25, -0.2) is 0 Å². The van der Waals surface area contributed by atoms with Crippen LogP contribution in [-0.2, 0) is 4.79 Å². The van der Waals surface area contributed by atoms with Crippen LogP contribution in [0.5, 0.6) is 0 Å². The summed E-state index contributed by atoms with van der Waals surface area (Å²) < 4.78 is 0. The zero-order valence-electron chi connectivity index (χ0n) is 12.2. The Hall–Kier alpha value is -2.14. The van der Waals surface area contributed by atoms with Gasteiger partial charge in [-0.05, 0) is 41.5 Å². The minimum atomic E-state index is -0.917. The molecule has 2 aromatic carbocycles. The second kappa shape index (κ2) is 7.75. The summed E-state index contributed by atoms with van der Waals surface area (Å²) in [6.07, 6.45) is 2.20. The molecule has 0 radical (unpaired) electrons. The zero-order chi connectivity index (χ0) is 15.9. The molecule has 0 saturated carbocycles. The molecule has 2 aromatic rings. The van der Waals surface area contributed by atoms with Crippen molar-refractivity contribution in [1.82, 2.24) is 0 Å². The number of carboxylic acids is 1. The monoisotopic (exact) mass is 315 g/mol. The third-order valence-electron chi connectivity index (χ3n) is 3.48. The summed E-state index contributed by atoms with van der Waals surface area (Å²) in [5.41, 5.74) is 2.91. The van der Waals surface area contributed by atoms with E-state index in [0.29, 0.717) is 0 Å². The SMILES string of the molecule is CSc1ccc(-c2ccc(C(CCC(=O)O)N=O)cc2)cc1. The van der Waals surface area contributed by atoms with Crippen LogP contribution in [0, 0.1) is 4.91 Å². The minimum absolute atomic E-state index is 0.0612. The molecule has 5 heteroatoms. The Balaban J connectivity index is 2.14. The average Bonchev–Trinajstić information content (AvgIpc) is 2.56. The summed E-state index contributed by atoms with van der Waals surface area (Å²) in [5, 5.41) is 11.7. The van der Waals surface area contributed by atoms with E-state index in [4.69, 9.17) is 5.11 Å². The van der Waals surface area contributed by atoms with Crippen LogP contribution in [0.1, 0.15) is 24.4 Å². The lowest BCUT2D eigenvalue weighted by Crippen LogP contribution is -2.00. The molecule has 0 fully saturated rings. The van der Waals surface area contributed by atoms with Gasteiger partial charge in [-0.1, -0.05) is 41.6 Å². The number of carbonyl (C=O) groups is 1. The van der Waals surface area contributed by atoms with E-state index in [9.17, 15) is 9.70 Å². The van der Waals surface area contributed by atoms with E-state index >= 15 is 0 Å². The summed E-state index contributed by atoms with van der Waals surface area (Å²) >= 11 is 1.69. The Morgan fingerprint density at radius 1 is 1.09 bits per heavy atom. The van der Waals surface area contributed by atoms with Crippen LogP contribution in [-0.4, -0.2) is 17.3 Å². The van der Waals surface area contributed by atoms with Crippen LogP contribution in [0.15, 0.2) is 58.6 Å². The van der Waals surface area contributed by atoms with E-state index in [-0.39, 0.29) is 12.8 Å². The smallest absolute Gasteiger partial charge is 0.303 e. The molecule has 1 N–H and O–H groups in total. The maximum Gasteiger partial charge on any atom is 0.303 e. The van der Waals surface area contributed by atoms with Crippen molar-refractivity contribution in [2.75, 3.05) is 6.26 Å². The van der Waals surface area contributed by atoms with Crippen molar-refractivity contribution in [3.63, 3.8) is 0 Å². The first-order chi connectivity index (χ1) is 10.6. The van der Waals surface area contributed by atoms with Crippen LogP contribution in [0.4, 0.5) is 0 Å². The number of thioether (sulfide) groups is 1. The molecule has 1 unspecified atom stereocenters. The van der Waals surface area contributed by atoms with Crippen LogP contribution >= 0.6 is 11.8 Å². The predicted molar refractivity (Wildman–Crippen MR) is 89.1 cm³/mol. The van der Waals surface area contributed by atoms with E-state index in [1.54, 1.807) is 11.8 Å². The zero-order valence-corrected chi connectivity index (χ0v) is 13.0. The molecule has 2 rings (SSSR count). The van der Waals surface area contributed by atoms with Gasteiger partial charge in [0.1, 0.15) is 6.04 Å². The first kappa shape index (κ1) is 16.2. The second-order valence-electron chi connectivity index (χ2n) is 4.90. The van der Waals surface area contributed by atoms with Crippen molar-refractivity contribution in [2.45, 2.75) is 23.8 Å². The van der Waals surface area contributed by atoms with Gasteiger partial charge in [0.15, 0.2) is 0 Å². The van der Waals surface area contributed by atoms with E-state index < -0.39 is 12.0 Å². The summed E-state index contributed by atoms with van der Waals surface area (Å²) in [4.78, 5) is 22.7. The minimum Gasteiger partial charge on any atom is -0.481 e.